The number of hydrogen-bond donors (Lipinski definition) is 1. The predicted octanol–water partition coefficient (Wildman–Crippen LogP) is 4.84. The van der Waals surface area contributed by atoms with Crippen LogP contribution in [0.5, 0.6) is 0 Å². The van der Waals surface area contributed by atoms with Crippen LogP contribution in [0.4, 0.5) is 0 Å². The monoisotopic (exact) mass is 416 g/mol. The summed E-state index contributed by atoms with van der Waals surface area (Å²) < 4.78 is -0.712. The summed E-state index contributed by atoms with van der Waals surface area (Å²) in [6.45, 7) is 4.24. The maximum Gasteiger partial charge on any atom is 0.175 e. The first kappa shape index (κ1) is 20.5. The molecule has 1 aliphatic carbocycles. The SMILES string of the molecule is CCCSC1(SCCC)N=C(N)C2(C#N)C(c3ccc(SC)cc3)C12C#N. The number of nitriles is 2. The van der Waals surface area contributed by atoms with Gasteiger partial charge in [0.1, 0.15) is 16.7 Å². The van der Waals surface area contributed by atoms with Gasteiger partial charge in [-0.05, 0) is 48.3 Å². The van der Waals surface area contributed by atoms with Crippen LogP contribution in [0.2, 0.25) is 0 Å². The summed E-state index contributed by atoms with van der Waals surface area (Å²) in [6, 6.07) is 13.2. The highest BCUT2D eigenvalue weighted by atomic mass is 32.2. The molecule has 27 heavy (non-hydrogen) atoms. The van der Waals surface area contributed by atoms with Crippen LogP contribution in [0, 0.1) is 33.5 Å². The lowest BCUT2D eigenvalue weighted by atomic mass is 9.97. The zero-order chi connectivity index (χ0) is 19.7. The fourth-order valence-corrected chi connectivity index (χ4v) is 7.77. The van der Waals surface area contributed by atoms with Crippen LogP contribution in [0.15, 0.2) is 34.2 Å². The van der Waals surface area contributed by atoms with Crippen molar-refractivity contribution in [2.24, 2.45) is 21.6 Å². The number of aliphatic imine (C=N–C) groups is 1. The second-order valence-electron chi connectivity index (χ2n) is 6.82. The van der Waals surface area contributed by atoms with Gasteiger partial charge in [-0.25, -0.2) is 4.99 Å². The number of nitrogens with zero attached hydrogens (tertiary/aromatic N) is 3. The topological polar surface area (TPSA) is 86.0 Å². The van der Waals surface area contributed by atoms with Crippen LogP contribution in [-0.4, -0.2) is 27.8 Å². The van der Waals surface area contributed by atoms with E-state index in [1.165, 1.54) is 0 Å². The molecule has 0 amide bonds. The molecule has 3 atom stereocenters. The molecule has 7 heteroatoms. The average molecular weight is 417 g/mol. The summed E-state index contributed by atoms with van der Waals surface area (Å²) in [6.07, 6.45) is 4.01. The second-order valence-corrected chi connectivity index (χ2v) is 10.5. The Morgan fingerprint density at radius 2 is 1.67 bits per heavy atom. The summed E-state index contributed by atoms with van der Waals surface area (Å²) in [5.41, 5.74) is 5.44. The highest BCUT2D eigenvalue weighted by Crippen LogP contribution is 2.85. The molecule has 2 N–H and O–H groups in total. The minimum atomic E-state index is -1.02. The van der Waals surface area contributed by atoms with E-state index in [1.807, 2.05) is 18.4 Å². The summed E-state index contributed by atoms with van der Waals surface area (Å²) in [4.78, 5) is 5.95. The number of amidine groups is 1. The van der Waals surface area contributed by atoms with E-state index in [4.69, 9.17) is 10.7 Å². The zero-order valence-corrected chi connectivity index (χ0v) is 18.3. The largest absolute Gasteiger partial charge is 0.386 e. The standard InChI is InChI=1S/C20H24N4S3/c1-4-10-26-20(27-11-5-2)19(13-22)16(18(19,12-21)17(23)24-20)14-6-8-15(25-3)9-7-14/h6-9,16H,4-5,10-11H2,1-3H3,(H2,23,24). The Kier molecular flexibility index (Phi) is 5.77. The minimum Gasteiger partial charge on any atom is -0.386 e. The van der Waals surface area contributed by atoms with Crippen LogP contribution in [0.3, 0.4) is 0 Å². The molecule has 0 bridgehead atoms. The molecule has 1 fully saturated rings. The zero-order valence-electron chi connectivity index (χ0n) is 15.9. The van der Waals surface area contributed by atoms with Crippen molar-refractivity contribution in [3.8, 4) is 12.1 Å². The number of thioether (sulfide) groups is 3. The lowest BCUT2D eigenvalue weighted by Gasteiger charge is -2.32. The average Bonchev–Trinajstić information content (AvgIpc) is 3.28. The van der Waals surface area contributed by atoms with Gasteiger partial charge in [-0.3, -0.25) is 0 Å². The molecule has 2 aliphatic rings. The highest BCUT2D eigenvalue weighted by molar-refractivity contribution is 8.18. The van der Waals surface area contributed by atoms with E-state index in [-0.39, 0.29) is 5.92 Å². The third-order valence-corrected chi connectivity index (χ3v) is 9.66. The van der Waals surface area contributed by atoms with Gasteiger partial charge in [0.25, 0.3) is 0 Å². The Morgan fingerprint density at radius 3 is 2.11 bits per heavy atom. The van der Waals surface area contributed by atoms with Gasteiger partial charge in [-0.2, -0.15) is 10.5 Å². The van der Waals surface area contributed by atoms with Crippen molar-refractivity contribution in [1.82, 2.24) is 0 Å². The van der Waals surface area contributed by atoms with Gasteiger partial charge in [0.2, 0.25) is 0 Å². The molecule has 1 aromatic carbocycles. The molecule has 0 aromatic heterocycles. The van der Waals surface area contributed by atoms with E-state index in [9.17, 15) is 10.5 Å². The van der Waals surface area contributed by atoms with Gasteiger partial charge < -0.3 is 5.73 Å². The van der Waals surface area contributed by atoms with Gasteiger partial charge in [0.15, 0.2) is 4.20 Å². The molecule has 1 saturated carbocycles. The van der Waals surface area contributed by atoms with Crippen molar-refractivity contribution in [3.63, 3.8) is 0 Å². The van der Waals surface area contributed by atoms with Crippen molar-refractivity contribution in [2.45, 2.75) is 41.7 Å². The second kappa shape index (κ2) is 7.62. The smallest absolute Gasteiger partial charge is 0.175 e. The van der Waals surface area contributed by atoms with E-state index < -0.39 is 15.0 Å². The van der Waals surface area contributed by atoms with Crippen LogP contribution in [-0.2, 0) is 0 Å². The number of fused-ring (bicyclic) bond motifs is 1. The minimum absolute atomic E-state index is 0.234. The first-order valence-electron chi connectivity index (χ1n) is 9.13. The van der Waals surface area contributed by atoms with E-state index in [0.717, 1.165) is 34.8 Å². The maximum absolute atomic E-state index is 10.4. The third kappa shape index (κ3) is 2.63. The molecule has 142 valence electrons. The Morgan fingerprint density at radius 1 is 1.07 bits per heavy atom. The molecular formula is C20H24N4S3. The summed E-state index contributed by atoms with van der Waals surface area (Å²) in [5.74, 6) is 1.87. The summed E-state index contributed by atoms with van der Waals surface area (Å²) in [5, 5.41) is 20.6. The molecule has 3 unspecified atom stereocenters. The molecule has 1 heterocycles. The van der Waals surface area contributed by atoms with E-state index >= 15 is 0 Å². The number of benzene rings is 1. The quantitative estimate of drug-likeness (QED) is 0.482. The molecule has 4 nitrogen and oxygen atoms in total. The van der Waals surface area contributed by atoms with Gasteiger partial charge in [0.05, 0.1) is 12.1 Å². The number of rotatable bonds is 8. The molecule has 3 rings (SSSR count). The Labute approximate surface area is 174 Å². The van der Waals surface area contributed by atoms with Crippen LogP contribution < -0.4 is 5.73 Å². The molecule has 1 aliphatic heterocycles. The Bertz CT molecular complexity index is 815. The van der Waals surface area contributed by atoms with Gasteiger partial charge in [-0.15, -0.1) is 35.3 Å². The Hall–Kier alpha value is -1.28. The van der Waals surface area contributed by atoms with Gasteiger partial charge in [0, 0.05) is 10.8 Å². The first-order valence-corrected chi connectivity index (χ1v) is 12.3. The third-order valence-electron chi connectivity index (χ3n) is 5.38. The van der Waals surface area contributed by atoms with Crippen molar-refractivity contribution < 1.29 is 0 Å². The molecule has 0 spiro atoms. The van der Waals surface area contributed by atoms with Crippen molar-refractivity contribution in [3.05, 3.63) is 29.8 Å². The number of nitrogens with two attached hydrogens (primary N) is 1. The van der Waals surface area contributed by atoms with Gasteiger partial charge in [-0.1, -0.05) is 26.0 Å². The van der Waals surface area contributed by atoms with Crippen molar-refractivity contribution in [2.75, 3.05) is 17.8 Å². The predicted molar refractivity (Wildman–Crippen MR) is 117 cm³/mol. The van der Waals surface area contributed by atoms with Crippen LogP contribution >= 0.6 is 35.3 Å². The fraction of sp³-hybridized carbons (Fsp3) is 0.550. The van der Waals surface area contributed by atoms with E-state index in [2.05, 4.69) is 38.1 Å². The summed E-state index contributed by atoms with van der Waals surface area (Å²) >= 11 is 5.05. The molecule has 0 radical (unpaired) electrons. The first-order chi connectivity index (χ1) is 13.0. The molecule has 1 aromatic rings. The normalized spacial score (nSPS) is 30.1. The van der Waals surface area contributed by atoms with Gasteiger partial charge >= 0.3 is 0 Å². The van der Waals surface area contributed by atoms with Crippen molar-refractivity contribution in [1.29, 1.82) is 10.5 Å². The number of hydrogen-bond acceptors (Lipinski definition) is 7. The fourth-order valence-electron chi connectivity index (χ4n) is 4.14. The summed E-state index contributed by atoms with van der Waals surface area (Å²) in [7, 11) is 0. The van der Waals surface area contributed by atoms with Crippen molar-refractivity contribution >= 4 is 41.1 Å². The maximum atomic E-state index is 10.4. The lowest BCUT2D eigenvalue weighted by Crippen LogP contribution is -2.32. The lowest BCUT2D eigenvalue weighted by molar-refractivity contribution is 0.563. The highest BCUT2D eigenvalue weighted by Gasteiger charge is 2.91. The van der Waals surface area contributed by atoms with Crippen LogP contribution in [0.1, 0.15) is 38.2 Å². The molecular weight excluding hydrogens is 392 g/mol. The van der Waals surface area contributed by atoms with E-state index in [1.54, 1.807) is 35.3 Å². The van der Waals surface area contributed by atoms with Crippen LogP contribution in [0.25, 0.3) is 0 Å². The Balaban J connectivity index is 2.13. The molecule has 0 saturated heterocycles. The van der Waals surface area contributed by atoms with E-state index in [0.29, 0.717) is 5.84 Å².